The maximum atomic E-state index is 14.0. The van der Waals surface area contributed by atoms with Crippen molar-refractivity contribution in [2.45, 2.75) is 31.2 Å². The highest BCUT2D eigenvalue weighted by atomic mass is 32.2. The van der Waals surface area contributed by atoms with Gasteiger partial charge >= 0.3 is 0 Å². The number of nitrogens with zero attached hydrogens (tertiary/aromatic N) is 1. The Balaban J connectivity index is 1.66. The Kier molecular flexibility index (Phi) is 5.07. The Morgan fingerprint density at radius 2 is 1.83 bits per heavy atom. The summed E-state index contributed by atoms with van der Waals surface area (Å²) in [6.07, 6.45) is 0.627. The molecular weight excluding hydrogens is 403 g/mol. The van der Waals surface area contributed by atoms with E-state index in [-0.39, 0.29) is 22.2 Å². The van der Waals surface area contributed by atoms with Gasteiger partial charge in [-0.3, -0.25) is 9.10 Å². The molecule has 0 spiro atoms. The average Bonchev–Trinajstić information content (AvgIpc) is 3.07. The molecule has 1 aliphatic heterocycles. The zero-order chi connectivity index (χ0) is 21.5. The van der Waals surface area contributed by atoms with Crippen LogP contribution in [0.25, 0.3) is 0 Å². The van der Waals surface area contributed by atoms with E-state index < -0.39 is 21.7 Å². The van der Waals surface area contributed by atoms with Gasteiger partial charge in [0.25, 0.3) is 15.9 Å². The second kappa shape index (κ2) is 7.57. The molecule has 0 aromatic heterocycles. The van der Waals surface area contributed by atoms with Gasteiger partial charge in [0, 0.05) is 11.6 Å². The van der Waals surface area contributed by atoms with Crippen molar-refractivity contribution in [3.05, 3.63) is 89.2 Å². The maximum Gasteiger partial charge on any atom is 0.264 e. The monoisotopic (exact) mass is 424 g/mol. The highest BCUT2D eigenvalue weighted by Crippen LogP contribution is 2.36. The van der Waals surface area contributed by atoms with Gasteiger partial charge in [-0.2, -0.15) is 0 Å². The van der Waals surface area contributed by atoms with Gasteiger partial charge < -0.3 is 5.32 Å². The van der Waals surface area contributed by atoms with E-state index in [4.69, 9.17) is 0 Å². The van der Waals surface area contributed by atoms with Crippen molar-refractivity contribution in [1.29, 1.82) is 0 Å². The summed E-state index contributed by atoms with van der Waals surface area (Å²) in [6, 6.07) is 17.4. The van der Waals surface area contributed by atoms with Crippen LogP contribution in [0.15, 0.2) is 71.6 Å². The van der Waals surface area contributed by atoms with Crippen molar-refractivity contribution in [1.82, 2.24) is 0 Å². The van der Waals surface area contributed by atoms with E-state index in [2.05, 4.69) is 5.32 Å². The summed E-state index contributed by atoms with van der Waals surface area (Å²) in [7, 11) is -3.87. The highest BCUT2D eigenvalue weighted by molar-refractivity contribution is 7.92. The number of halogens is 1. The van der Waals surface area contributed by atoms with E-state index in [1.807, 2.05) is 19.1 Å². The summed E-state index contributed by atoms with van der Waals surface area (Å²) in [5.41, 5.74) is 2.61. The molecule has 1 heterocycles. The molecule has 0 saturated heterocycles. The smallest absolute Gasteiger partial charge is 0.264 e. The Morgan fingerprint density at radius 1 is 1.07 bits per heavy atom. The van der Waals surface area contributed by atoms with Gasteiger partial charge in [0.2, 0.25) is 0 Å². The van der Waals surface area contributed by atoms with E-state index in [9.17, 15) is 17.6 Å². The number of rotatable bonds is 4. The van der Waals surface area contributed by atoms with Crippen LogP contribution in [0.4, 0.5) is 15.8 Å². The fraction of sp³-hybridized carbons (Fsp3) is 0.174. The number of hydrogen-bond acceptors (Lipinski definition) is 3. The third kappa shape index (κ3) is 3.57. The van der Waals surface area contributed by atoms with E-state index >= 15 is 0 Å². The molecule has 0 unspecified atom stereocenters. The zero-order valence-electron chi connectivity index (χ0n) is 16.6. The number of hydrogen-bond donors (Lipinski definition) is 1. The molecule has 1 amide bonds. The quantitative estimate of drug-likeness (QED) is 0.669. The molecule has 30 heavy (non-hydrogen) atoms. The van der Waals surface area contributed by atoms with Gasteiger partial charge in [0.1, 0.15) is 5.82 Å². The van der Waals surface area contributed by atoms with Crippen molar-refractivity contribution in [2.24, 2.45) is 0 Å². The number of sulfonamides is 1. The Hall–Kier alpha value is -3.19. The fourth-order valence-corrected chi connectivity index (χ4v) is 5.48. The molecule has 5 nitrogen and oxygen atoms in total. The van der Waals surface area contributed by atoms with Crippen LogP contribution < -0.4 is 9.62 Å². The second-order valence-electron chi connectivity index (χ2n) is 7.45. The van der Waals surface area contributed by atoms with Crippen molar-refractivity contribution in [2.75, 3.05) is 9.62 Å². The van der Waals surface area contributed by atoms with E-state index in [0.29, 0.717) is 12.1 Å². The third-order valence-electron chi connectivity index (χ3n) is 5.17. The minimum Gasteiger partial charge on any atom is -0.319 e. The lowest BCUT2D eigenvalue weighted by Crippen LogP contribution is -2.35. The summed E-state index contributed by atoms with van der Waals surface area (Å²) < 4.78 is 42.1. The number of aryl methyl sites for hydroxylation is 1. The number of nitrogens with one attached hydrogen (secondary N) is 1. The third-order valence-corrected chi connectivity index (χ3v) is 7.09. The summed E-state index contributed by atoms with van der Waals surface area (Å²) in [6.45, 7) is 3.64. The van der Waals surface area contributed by atoms with Gasteiger partial charge in [0.15, 0.2) is 0 Å². The number of benzene rings is 3. The molecule has 0 fully saturated rings. The summed E-state index contributed by atoms with van der Waals surface area (Å²) in [5, 5.41) is 2.52. The van der Waals surface area contributed by atoms with Crippen LogP contribution in [-0.4, -0.2) is 20.4 Å². The van der Waals surface area contributed by atoms with Gasteiger partial charge in [-0.25, -0.2) is 12.8 Å². The first-order valence-electron chi connectivity index (χ1n) is 9.57. The lowest BCUT2D eigenvalue weighted by atomic mass is 10.1. The molecule has 154 valence electrons. The predicted molar refractivity (Wildman–Crippen MR) is 115 cm³/mol. The van der Waals surface area contributed by atoms with Crippen molar-refractivity contribution in [3.8, 4) is 0 Å². The first kappa shape index (κ1) is 20.1. The summed E-state index contributed by atoms with van der Waals surface area (Å²) >= 11 is 0. The minimum atomic E-state index is -3.87. The number of carbonyl (C=O) groups excluding carboxylic acids is 1. The lowest BCUT2D eigenvalue weighted by Gasteiger charge is -2.24. The highest BCUT2D eigenvalue weighted by Gasteiger charge is 2.36. The Morgan fingerprint density at radius 3 is 2.63 bits per heavy atom. The minimum absolute atomic E-state index is 0.0171. The molecule has 1 aliphatic rings. The van der Waals surface area contributed by atoms with E-state index in [0.717, 1.165) is 11.1 Å². The van der Waals surface area contributed by atoms with Crippen LogP contribution in [0, 0.1) is 12.7 Å². The number of carbonyl (C=O) groups is 1. The molecule has 0 radical (unpaired) electrons. The number of amides is 1. The van der Waals surface area contributed by atoms with E-state index in [1.54, 1.807) is 25.1 Å². The number of anilines is 2. The van der Waals surface area contributed by atoms with Gasteiger partial charge in [-0.05, 0) is 67.8 Å². The first-order valence-corrected chi connectivity index (χ1v) is 11.0. The second-order valence-corrected chi connectivity index (χ2v) is 9.26. The van der Waals surface area contributed by atoms with E-state index in [1.165, 1.54) is 40.7 Å². The largest absolute Gasteiger partial charge is 0.319 e. The van der Waals surface area contributed by atoms with Gasteiger partial charge in [-0.1, -0.05) is 30.3 Å². The molecule has 4 rings (SSSR count). The molecule has 0 saturated carbocycles. The Bertz CT molecular complexity index is 1240. The first-order chi connectivity index (χ1) is 14.3. The predicted octanol–water partition coefficient (Wildman–Crippen LogP) is 4.53. The normalized spacial score (nSPS) is 15.7. The molecule has 3 aromatic rings. The molecule has 1 N–H and O–H groups in total. The summed E-state index contributed by atoms with van der Waals surface area (Å²) in [4.78, 5) is 12.7. The van der Waals surface area contributed by atoms with Crippen molar-refractivity contribution >= 4 is 27.3 Å². The van der Waals surface area contributed by atoms with Gasteiger partial charge in [0.05, 0.1) is 16.3 Å². The van der Waals surface area contributed by atoms with Crippen LogP contribution in [0.2, 0.25) is 0 Å². The van der Waals surface area contributed by atoms with Crippen LogP contribution in [0.1, 0.15) is 28.4 Å². The van der Waals surface area contributed by atoms with Crippen LogP contribution in [0.5, 0.6) is 0 Å². The van der Waals surface area contributed by atoms with Crippen LogP contribution in [0.3, 0.4) is 0 Å². The Labute approximate surface area is 175 Å². The topological polar surface area (TPSA) is 66.5 Å². The average molecular weight is 424 g/mol. The molecule has 0 aliphatic carbocycles. The van der Waals surface area contributed by atoms with Crippen LogP contribution >= 0.6 is 0 Å². The lowest BCUT2D eigenvalue weighted by molar-refractivity contribution is 0.102. The van der Waals surface area contributed by atoms with Gasteiger partial charge in [-0.15, -0.1) is 0 Å². The van der Waals surface area contributed by atoms with Crippen molar-refractivity contribution < 1.29 is 17.6 Å². The molecule has 1 atom stereocenters. The molecule has 7 heteroatoms. The fourth-order valence-electron chi connectivity index (χ4n) is 3.74. The summed E-state index contributed by atoms with van der Waals surface area (Å²) in [5.74, 6) is -1.13. The zero-order valence-corrected chi connectivity index (χ0v) is 17.4. The van der Waals surface area contributed by atoms with Crippen LogP contribution in [-0.2, 0) is 16.4 Å². The van der Waals surface area contributed by atoms with Crippen molar-refractivity contribution in [3.63, 3.8) is 0 Å². The molecule has 0 bridgehead atoms. The SMILES string of the molecule is Cc1ccc(F)c(NC(=O)c2cccc(S(=O)(=O)N3c4ccccc4C[C@H]3C)c2)c1. The molecule has 3 aromatic carbocycles. The maximum absolute atomic E-state index is 14.0. The standard InChI is InChI=1S/C23H21FN2O3S/c1-15-10-11-20(24)21(12-15)25-23(27)18-7-5-8-19(14-18)30(28,29)26-16(2)13-17-6-3-4-9-22(17)26/h3-12,14,16H,13H2,1-2H3,(H,25,27)/t16-/m1/s1. The number of fused-ring (bicyclic) bond motifs is 1. The number of para-hydroxylation sites is 1. The molecular formula is C23H21FN2O3S.